The molecule has 0 saturated heterocycles. The van der Waals surface area contributed by atoms with Crippen LogP contribution in [-0.2, 0) is 6.61 Å². The first-order chi connectivity index (χ1) is 9.08. The SMILES string of the molecule is NC(=S)c1cccc(OCc2c(F)cccc2Cl)c1. The van der Waals surface area contributed by atoms with Crippen molar-refractivity contribution in [3.8, 4) is 5.75 Å². The smallest absolute Gasteiger partial charge is 0.131 e. The number of ether oxygens (including phenoxy) is 1. The lowest BCUT2D eigenvalue weighted by atomic mass is 10.2. The molecule has 0 spiro atoms. The van der Waals surface area contributed by atoms with E-state index in [4.69, 9.17) is 34.3 Å². The number of hydrogen-bond donors (Lipinski definition) is 1. The molecule has 0 aliphatic rings. The van der Waals surface area contributed by atoms with Crippen LogP contribution in [0.5, 0.6) is 5.75 Å². The molecule has 0 saturated carbocycles. The van der Waals surface area contributed by atoms with Crippen LogP contribution in [0.2, 0.25) is 5.02 Å². The highest BCUT2D eigenvalue weighted by molar-refractivity contribution is 7.80. The number of benzene rings is 2. The minimum atomic E-state index is -0.391. The zero-order valence-corrected chi connectivity index (χ0v) is 11.5. The quantitative estimate of drug-likeness (QED) is 0.874. The van der Waals surface area contributed by atoms with E-state index in [2.05, 4.69) is 0 Å². The van der Waals surface area contributed by atoms with Crippen LogP contribution in [0, 0.1) is 5.82 Å². The van der Waals surface area contributed by atoms with Crippen LogP contribution in [-0.4, -0.2) is 4.99 Å². The number of rotatable bonds is 4. The first kappa shape index (κ1) is 13.8. The van der Waals surface area contributed by atoms with Gasteiger partial charge in [-0.25, -0.2) is 4.39 Å². The predicted molar refractivity (Wildman–Crippen MR) is 78.1 cm³/mol. The Bertz CT molecular complexity index is 598. The predicted octanol–water partition coefficient (Wildman–Crippen LogP) is 3.69. The third kappa shape index (κ3) is 3.43. The van der Waals surface area contributed by atoms with E-state index < -0.39 is 5.82 Å². The molecule has 0 unspecified atom stereocenters. The summed E-state index contributed by atoms with van der Waals surface area (Å²) in [4.78, 5) is 0.286. The maximum absolute atomic E-state index is 13.6. The van der Waals surface area contributed by atoms with E-state index in [1.165, 1.54) is 6.07 Å². The Labute approximate surface area is 120 Å². The summed E-state index contributed by atoms with van der Waals surface area (Å²) in [7, 11) is 0. The van der Waals surface area contributed by atoms with E-state index in [9.17, 15) is 4.39 Å². The van der Waals surface area contributed by atoms with Gasteiger partial charge in [-0.05, 0) is 24.3 Å². The van der Waals surface area contributed by atoms with Crippen molar-refractivity contribution in [2.45, 2.75) is 6.61 Å². The second-order valence-corrected chi connectivity index (χ2v) is 4.73. The lowest BCUT2D eigenvalue weighted by molar-refractivity contribution is 0.300. The number of hydrogen-bond acceptors (Lipinski definition) is 2. The lowest BCUT2D eigenvalue weighted by Gasteiger charge is -2.09. The van der Waals surface area contributed by atoms with Crippen molar-refractivity contribution in [3.05, 3.63) is 64.4 Å². The van der Waals surface area contributed by atoms with Crippen molar-refractivity contribution in [2.24, 2.45) is 5.73 Å². The highest BCUT2D eigenvalue weighted by Gasteiger charge is 2.08. The van der Waals surface area contributed by atoms with Gasteiger partial charge in [0.1, 0.15) is 23.2 Å². The molecule has 0 fully saturated rings. The van der Waals surface area contributed by atoms with E-state index in [1.54, 1.807) is 36.4 Å². The normalized spacial score (nSPS) is 10.2. The first-order valence-corrected chi connectivity index (χ1v) is 6.32. The summed E-state index contributed by atoms with van der Waals surface area (Å²) < 4.78 is 19.1. The summed E-state index contributed by atoms with van der Waals surface area (Å²) >= 11 is 10.8. The van der Waals surface area contributed by atoms with E-state index in [1.807, 2.05) is 0 Å². The summed E-state index contributed by atoms with van der Waals surface area (Å²) in [5.41, 5.74) is 6.56. The molecule has 0 radical (unpaired) electrons. The fourth-order valence-electron chi connectivity index (χ4n) is 1.56. The van der Waals surface area contributed by atoms with Gasteiger partial charge in [-0.15, -0.1) is 0 Å². The summed E-state index contributed by atoms with van der Waals surface area (Å²) in [5, 5.41) is 0.338. The van der Waals surface area contributed by atoms with Crippen molar-refractivity contribution in [2.75, 3.05) is 0 Å². The van der Waals surface area contributed by atoms with Gasteiger partial charge in [0.05, 0.1) is 5.02 Å². The van der Waals surface area contributed by atoms with Crippen LogP contribution in [0.15, 0.2) is 42.5 Å². The van der Waals surface area contributed by atoms with Gasteiger partial charge in [0.25, 0.3) is 0 Å². The third-order valence-electron chi connectivity index (χ3n) is 2.56. The van der Waals surface area contributed by atoms with Crippen LogP contribution >= 0.6 is 23.8 Å². The molecule has 0 heterocycles. The van der Waals surface area contributed by atoms with Crippen molar-refractivity contribution in [3.63, 3.8) is 0 Å². The molecule has 2 aromatic carbocycles. The van der Waals surface area contributed by atoms with Crippen LogP contribution in [0.1, 0.15) is 11.1 Å². The monoisotopic (exact) mass is 295 g/mol. The Morgan fingerprint density at radius 2 is 2.00 bits per heavy atom. The van der Waals surface area contributed by atoms with E-state index >= 15 is 0 Å². The van der Waals surface area contributed by atoms with Gasteiger partial charge in [-0.3, -0.25) is 0 Å². The van der Waals surface area contributed by atoms with E-state index in [0.717, 1.165) is 0 Å². The van der Waals surface area contributed by atoms with Gasteiger partial charge >= 0.3 is 0 Å². The number of nitrogens with two attached hydrogens (primary N) is 1. The molecule has 0 amide bonds. The first-order valence-electron chi connectivity index (χ1n) is 5.53. The van der Waals surface area contributed by atoms with Gasteiger partial charge in [0, 0.05) is 11.1 Å². The van der Waals surface area contributed by atoms with Gasteiger partial charge < -0.3 is 10.5 Å². The molecule has 0 bridgehead atoms. The molecule has 2 nitrogen and oxygen atoms in total. The number of thiocarbonyl (C=S) groups is 1. The molecule has 0 aliphatic heterocycles. The Kier molecular flexibility index (Phi) is 4.35. The minimum absolute atomic E-state index is 0.0479. The Balaban J connectivity index is 2.15. The van der Waals surface area contributed by atoms with Gasteiger partial charge in [-0.2, -0.15) is 0 Å². The second-order valence-electron chi connectivity index (χ2n) is 3.88. The highest BCUT2D eigenvalue weighted by Crippen LogP contribution is 2.22. The Morgan fingerprint density at radius 3 is 2.68 bits per heavy atom. The second kappa shape index (κ2) is 5.99. The average Bonchev–Trinajstić information content (AvgIpc) is 2.38. The maximum Gasteiger partial charge on any atom is 0.131 e. The molecule has 2 N–H and O–H groups in total. The molecule has 2 aromatic rings. The van der Waals surface area contributed by atoms with Crippen LogP contribution in [0.25, 0.3) is 0 Å². The molecule has 98 valence electrons. The van der Waals surface area contributed by atoms with Crippen molar-refractivity contribution in [1.82, 2.24) is 0 Å². The summed E-state index contributed by atoms with van der Waals surface area (Å²) in [5.74, 6) is 0.169. The lowest BCUT2D eigenvalue weighted by Crippen LogP contribution is -2.09. The third-order valence-corrected chi connectivity index (χ3v) is 3.15. The largest absolute Gasteiger partial charge is 0.489 e. The van der Waals surface area contributed by atoms with Crippen molar-refractivity contribution in [1.29, 1.82) is 0 Å². The molecule has 2 rings (SSSR count). The van der Waals surface area contributed by atoms with E-state index in [0.29, 0.717) is 21.9 Å². The van der Waals surface area contributed by atoms with Crippen LogP contribution in [0.4, 0.5) is 4.39 Å². The van der Waals surface area contributed by atoms with Gasteiger partial charge in [0.2, 0.25) is 0 Å². The molecule has 19 heavy (non-hydrogen) atoms. The molecule has 0 aliphatic carbocycles. The molecule has 5 heteroatoms. The van der Waals surface area contributed by atoms with Crippen molar-refractivity contribution >= 4 is 28.8 Å². The van der Waals surface area contributed by atoms with Crippen LogP contribution < -0.4 is 10.5 Å². The average molecular weight is 296 g/mol. The number of halogens is 2. The fraction of sp³-hybridized carbons (Fsp3) is 0.0714. The topological polar surface area (TPSA) is 35.2 Å². The van der Waals surface area contributed by atoms with Crippen molar-refractivity contribution < 1.29 is 9.13 Å². The molecule has 0 atom stereocenters. The van der Waals surface area contributed by atoms with Gasteiger partial charge in [0.15, 0.2) is 0 Å². The summed E-state index contributed by atoms with van der Waals surface area (Å²) in [6.07, 6.45) is 0. The summed E-state index contributed by atoms with van der Waals surface area (Å²) in [6, 6.07) is 11.5. The Hall–Kier alpha value is -1.65. The molecular weight excluding hydrogens is 285 g/mol. The zero-order chi connectivity index (χ0) is 13.8. The summed E-state index contributed by atoms with van der Waals surface area (Å²) in [6.45, 7) is 0.0479. The standard InChI is InChI=1S/C14H11ClFNOS/c15-12-5-2-6-13(16)11(12)8-18-10-4-1-3-9(7-10)14(17)19/h1-7H,8H2,(H2,17,19). The molecular formula is C14H11ClFNOS. The Morgan fingerprint density at radius 1 is 1.26 bits per heavy atom. The van der Waals surface area contributed by atoms with Crippen LogP contribution in [0.3, 0.4) is 0 Å². The van der Waals surface area contributed by atoms with E-state index in [-0.39, 0.29) is 11.6 Å². The zero-order valence-electron chi connectivity index (χ0n) is 9.90. The molecule has 0 aromatic heterocycles. The van der Waals surface area contributed by atoms with Gasteiger partial charge in [-0.1, -0.05) is 42.0 Å². The minimum Gasteiger partial charge on any atom is -0.489 e. The highest BCUT2D eigenvalue weighted by atomic mass is 35.5. The maximum atomic E-state index is 13.6. The fourth-order valence-corrected chi connectivity index (χ4v) is 1.91.